The van der Waals surface area contributed by atoms with Crippen molar-refractivity contribution in [1.29, 1.82) is 0 Å². The molecule has 0 fully saturated rings. The van der Waals surface area contributed by atoms with Gasteiger partial charge in [0.15, 0.2) is 11.6 Å². The first-order valence-electron chi connectivity index (χ1n) is 5.07. The van der Waals surface area contributed by atoms with Gasteiger partial charge >= 0.3 is 0 Å². The van der Waals surface area contributed by atoms with Gasteiger partial charge in [-0.05, 0) is 29.8 Å². The largest absolute Gasteiger partial charge is 0.453 e. The van der Waals surface area contributed by atoms with E-state index in [-0.39, 0.29) is 11.5 Å². The van der Waals surface area contributed by atoms with Crippen LogP contribution < -0.4 is 4.74 Å². The van der Waals surface area contributed by atoms with E-state index in [1.165, 1.54) is 0 Å². The topological polar surface area (TPSA) is 9.23 Å². The summed E-state index contributed by atoms with van der Waals surface area (Å²) in [6.45, 7) is 0. The van der Waals surface area contributed by atoms with Gasteiger partial charge in [0.1, 0.15) is 11.6 Å². The predicted molar refractivity (Wildman–Crippen MR) is 70.5 cm³/mol. The Bertz CT molecular complexity index is 575. The second-order valence-corrected chi connectivity index (χ2v) is 4.54. The van der Waals surface area contributed by atoms with Gasteiger partial charge in [-0.1, -0.05) is 33.6 Å². The van der Waals surface area contributed by atoms with Crippen LogP contribution in [0.1, 0.15) is 5.56 Å². The molecule has 2 aromatic carbocycles. The van der Waals surface area contributed by atoms with E-state index in [1.54, 1.807) is 18.2 Å². The van der Waals surface area contributed by atoms with Gasteiger partial charge in [0, 0.05) is 11.4 Å². The van der Waals surface area contributed by atoms with E-state index in [0.717, 1.165) is 23.8 Å². The van der Waals surface area contributed by atoms with Gasteiger partial charge in [0.05, 0.1) is 5.02 Å². The zero-order valence-electron chi connectivity index (χ0n) is 9.09. The molecule has 2 aromatic rings. The molecule has 0 aliphatic rings. The van der Waals surface area contributed by atoms with Crippen molar-refractivity contribution >= 4 is 27.5 Å². The quantitative estimate of drug-likeness (QED) is 0.692. The zero-order valence-corrected chi connectivity index (χ0v) is 11.4. The Morgan fingerprint density at radius 2 is 1.83 bits per heavy atom. The molecule has 1 nitrogen and oxygen atoms in total. The maximum absolute atomic E-state index is 13.4. The highest BCUT2D eigenvalue weighted by molar-refractivity contribution is 9.08. The van der Waals surface area contributed by atoms with Crippen molar-refractivity contribution in [3.8, 4) is 11.5 Å². The van der Waals surface area contributed by atoms with Crippen LogP contribution in [-0.4, -0.2) is 0 Å². The van der Waals surface area contributed by atoms with E-state index >= 15 is 0 Å². The summed E-state index contributed by atoms with van der Waals surface area (Å²) in [5.74, 6) is -1.12. The van der Waals surface area contributed by atoms with E-state index in [4.69, 9.17) is 16.3 Å². The monoisotopic (exact) mass is 332 g/mol. The summed E-state index contributed by atoms with van der Waals surface area (Å²) in [4.78, 5) is 0. The Kier molecular flexibility index (Phi) is 4.19. The first-order chi connectivity index (χ1) is 8.60. The van der Waals surface area contributed by atoms with E-state index in [0.29, 0.717) is 10.4 Å². The van der Waals surface area contributed by atoms with E-state index in [9.17, 15) is 8.78 Å². The van der Waals surface area contributed by atoms with Crippen molar-refractivity contribution < 1.29 is 13.5 Å². The molecular formula is C13H8BrClF2O. The second kappa shape index (κ2) is 5.67. The maximum atomic E-state index is 13.4. The average molecular weight is 334 g/mol. The van der Waals surface area contributed by atoms with Gasteiger partial charge in [0.25, 0.3) is 0 Å². The second-order valence-electron chi connectivity index (χ2n) is 3.58. The Morgan fingerprint density at radius 3 is 2.50 bits per heavy atom. The van der Waals surface area contributed by atoms with E-state index in [2.05, 4.69) is 15.9 Å². The third-order valence-electron chi connectivity index (χ3n) is 2.26. The Labute approximate surface area is 116 Å². The minimum atomic E-state index is -0.642. The first kappa shape index (κ1) is 13.3. The van der Waals surface area contributed by atoms with Crippen molar-refractivity contribution in [2.24, 2.45) is 0 Å². The molecule has 5 heteroatoms. The van der Waals surface area contributed by atoms with Gasteiger partial charge in [-0.3, -0.25) is 0 Å². The lowest BCUT2D eigenvalue weighted by atomic mass is 10.2. The highest BCUT2D eigenvalue weighted by Crippen LogP contribution is 2.32. The van der Waals surface area contributed by atoms with Crippen LogP contribution in [0.2, 0.25) is 5.02 Å². The van der Waals surface area contributed by atoms with Crippen LogP contribution in [0.3, 0.4) is 0 Å². The molecule has 0 atom stereocenters. The summed E-state index contributed by atoms with van der Waals surface area (Å²) in [6, 6.07) is 8.10. The first-order valence-corrected chi connectivity index (χ1v) is 6.57. The van der Waals surface area contributed by atoms with Crippen molar-refractivity contribution in [2.45, 2.75) is 5.33 Å². The number of alkyl halides is 1. The molecule has 2 rings (SSSR count). The predicted octanol–water partition coefficient (Wildman–Crippen LogP) is 5.31. The number of benzene rings is 2. The standard InChI is InChI=1S/C13H8BrClF2O/c14-7-8-1-4-12(10(15)5-8)18-13-6-9(16)2-3-11(13)17/h1-6H,7H2. The van der Waals surface area contributed by atoms with Gasteiger partial charge in [0.2, 0.25) is 0 Å². The third-order valence-corrected chi connectivity index (χ3v) is 3.21. The molecule has 94 valence electrons. The SMILES string of the molecule is Fc1ccc(F)c(Oc2ccc(CBr)cc2Cl)c1. The molecule has 0 radical (unpaired) electrons. The minimum Gasteiger partial charge on any atom is -0.453 e. The van der Waals surface area contributed by atoms with E-state index < -0.39 is 11.6 Å². The van der Waals surface area contributed by atoms with Crippen molar-refractivity contribution in [2.75, 3.05) is 0 Å². The fourth-order valence-corrected chi connectivity index (χ4v) is 1.97. The summed E-state index contributed by atoms with van der Waals surface area (Å²) < 4.78 is 31.6. The molecule has 0 spiro atoms. The summed E-state index contributed by atoms with van der Waals surface area (Å²) in [7, 11) is 0. The summed E-state index contributed by atoms with van der Waals surface area (Å²) in [5, 5.41) is 0.997. The Hall–Kier alpha value is -1.13. The van der Waals surface area contributed by atoms with Crippen molar-refractivity contribution in [3.63, 3.8) is 0 Å². The van der Waals surface area contributed by atoms with Gasteiger partial charge < -0.3 is 4.74 Å². The van der Waals surface area contributed by atoms with Crippen LogP contribution in [0.15, 0.2) is 36.4 Å². The molecule has 0 N–H and O–H groups in total. The van der Waals surface area contributed by atoms with Crippen LogP contribution in [0.4, 0.5) is 8.78 Å². The number of hydrogen-bond donors (Lipinski definition) is 0. The highest BCUT2D eigenvalue weighted by atomic mass is 79.9. The lowest BCUT2D eigenvalue weighted by Crippen LogP contribution is -1.91. The highest BCUT2D eigenvalue weighted by Gasteiger charge is 2.09. The lowest BCUT2D eigenvalue weighted by molar-refractivity contribution is 0.436. The lowest BCUT2D eigenvalue weighted by Gasteiger charge is -2.09. The molecule has 0 bridgehead atoms. The van der Waals surface area contributed by atoms with Crippen LogP contribution in [0.25, 0.3) is 0 Å². The minimum absolute atomic E-state index is 0.191. The van der Waals surface area contributed by atoms with Crippen LogP contribution >= 0.6 is 27.5 Å². The smallest absolute Gasteiger partial charge is 0.166 e. The normalized spacial score (nSPS) is 10.4. The summed E-state index contributed by atoms with van der Waals surface area (Å²) >= 11 is 9.28. The van der Waals surface area contributed by atoms with Gasteiger partial charge in [-0.2, -0.15) is 0 Å². The van der Waals surface area contributed by atoms with Gasteiger partial charge in [-0.25, -0.2) is 8.78 Å². The van der Waals surface area contributed by atoms with Gasteiger partial charge in [-0.15, -0.1) is 0 Å². The van der Waals surface area contributed by atoms with Crippen LogP contribution in [0, 0.1) is 11.6 Å². The van der Waals surface area contributed by atoms with Crippen molar-refractivity contribution in [3.05, 3.63) is 58.6 Å². The Balaban J connectivity index is 2.31. The molecule has 0 amide bonds. The van der Waals surface area contributed by atoms with Crippen LogP contribution in [0.5, 0.6) is 11.5 Å². The van der Waals surface area contributed by atoms with Crippen molar-refractivity contribution in [1.82, 2.24) is 0 Å². The summed E-state index contributed by atoms with van der Waals surface area (Å²) in [5.41, 5.74) is 0.965. The fraction of sp³-hybridized carbons (Fsp3) is 0.0769. The van der Waals surface area contributed by atoms with E-state index in [1.807, 2.05) is 0 Å². The number of hydrogen-bond acceptors (Lipinski definition) is 1. The maximum Gasteiger partial charge on any atom is 0.166 e. The zero-order chi connectivity index (χ0) is 13.1. The molecule has 0 aliphatic heterocycles. The number of ether oxygens (including phenoxy) is 1. The fourth-order valence-electron chi connectivity index (χ4n) is 1.38. The molecule has 0 aromatic heterocycles. The molecule has 18 heavy (non-hydrogen) atoms. The molecule has 0 saturated carbocycles. The molecule has 0 heterocycles. The van der Waals surface area contributed by atoms with Crippen LogP contribution in [-0.2, 0) is 5.33 Å². The number of rotatable bonds is 3. The average Bonchev–Trinajstić information content (AvgIpc) is 2.36. The Morgan fingerprint density at radius 1 is 1.06 bits per heavy atom. The molecular weight excluding hydrogens is 325 g/mol. The third kappa shape index (κ3) is 3.00. The molecule has 0 aliphatic carbocycles. The summed E-state index contributed by atoms with van der Waals surface area (Å²) in [6.07, 6.45) is 0. The number of halogens is 4. The molecule has 0 saturated heterocycles. The molecule has 0 unspecified atom stereocenters.